The monoisotopic (exact) mass is 474 g/mol. The van der Waals surface area contributed by atoms with Gasteiger partial charge in [0.1, 0.15) is 5.69 Å². The van der Waals surface area contributed by atoms with Gasteiger partial charge >= 0.3 is 0 Å². The summed E-state index contributed by atoms with van der Waals surface area (Å²) in [5, 5.41) is 17.2. The molecule has 0 aliphatic heterocycles. The normalized spacial score (nSPS) is 10.8. The first-order valence-corrected chi connectivity index (χ1v) is 10.3. The smallest absolute Gasteiger partial charge is 0.275 e. The van der Waals surface area contributed by atoms with Gasteiger partial charge in [0.05, 0.1) is 5.69 Å². The topological polar surface area (TPSA) is 111 Å². The van der Waals surface area contributed by atoms with E-state index in [1.807, 2.05) is 18.2 Å². The van der Waals surface area contributed by atoms with E-state index in [0.717, 1.165) is 9.37 Å². The fraction of sp³-hybridized carbons (Fsp3) is 0.0625. The highest BCUT2D eigenvalue weighted by Crippen LogP contribution is 2.34. The maximum Gasteiger partial charge on any atom is 0.275 e. The number of rotatable bonds is 5. The quantitative estimate of drug-likeness (QED) is 0.468. The molecule has 4 aromatic rings. The van der Waals surface area contributed by atoms with Crippen molar-refractivity contribution in [3.05, 3.63) is 52.2 Å². The van der Waals surface area contributed by atoms with Crippen LogP contribution in [0.15, 0.2) is 56.6 Å². The third-order valence-corrected chi connectivity index (χ3v) is 5.90. The van der Waals surface area contributed by atoms with E-state index in [1.165, 1.54) is 23.1 Å². The molecule has 0 spiro atoms. The second-order valence-corrected chi connectivity index (χ2v) is 8.17. The standard InChI is InChI=1S/C16H11BrN8OS2/c1-25-16(22-23-24-25)28-12-4-3-9(17)7-10(12)20-14(26)11-8-27-15(21-11)13-18-5-2-6-19-13/h2-8H,1H3,(H,20,26). The molecule has 4 rings (SSSR count). The van der Waals surface area contributed by atoms with Crippen molar-refractivity contribution in [2.24, 2.45) is 7.05 Å². The lowest BCUT2D eigenvalue weighted by Crippen LogP contribution is -2.13. The summed E-state index contributed by atoms with van der Waals surface area (Å²) < 4.78 is 2.39. The summed E-state index contributed by atoms with van der Waals surface area (Å²) >= 11 is 6.10. The summed E-state index contributed by atoms with van der Waals surface area (Å²) in [6.45, 7) is 0. The number of hydrogen-bond donors (Lipinski definition) is 1. The highest BCUT2D eigenvalue weighted by molar-refractivity contribution is 9.10. The van der Waals surface area contributed by atoms with Crippen molar-refractivity contribution in [3.8, 4) is 10.8 Å². The van der Waals surface area contributed by atoms with Crippen molar-refractivity contribution in [1.82, 2.24) is 35.2 Å². The predicted octanol–water partition coefficient (Wildman–Crippen LogP) is 3.29. The van der Waals surface area contributed by atoms with Crippen molar-refractivity contribution in [2.45, 2.75) is 10.1 Å². The van der Waals surface area contributed by atoms with Crippen LogP contribution in [-0.4, -0.2) is 41.1 Å². The van der Waals surface area contributed by atoms with Crippen LogP contribution in [0.5, 0.6) is 0 Å². The first kappa shape index (κ1) is 18.7. The minimum absolute atomic E-state index is 0.295. The zero-order valence-electron chi connectivity index (χ0n) is 14.3. The number of nitrogens with one attached hydrogen (secondary N) is 1. The third kappa shape index (κ3) is 4.08. The largest absolute Gasteiger partial charge is 0.320 e. The molecule has 0 aliphatic carbocycles. The summed E-state index contributed by atoms with van der Waals surface area (Å²) in [5.41, 5.74) is 0.918. The van der Waals surface area contributed by atoms with Gasteiger partial charge in [0, 0.05) is 34.2 Å². The first-order valence-electron chi connectivity index (χ1n) is 7.84. The summed E-state index contributed by atoms with van der Waals surface area (Å²) in [4.78, 5) is 26.2. The number of thiazole rings is 1. The molecule has 0 saturated heterocycles. The highest BCUT2D eigenvalue weighted by Gasteiger charge is 2.16. The molecule has 0 radical (unpaired) electrons. The van der Waals surface area contributed by atoms with Crippen molar-refractivity contribution < 1.29 is 4.79 Å². The van der Waals surface area contributed by atoms with Gasteiger partial charge in [-0.1, -0.05) is 15.9 Å². The molecule has 3 heterocycles. The van der Waals surface area contributed by atoms with Crippen LogP contribution >= 0.6 is 39.0 Å². The molecule has 1 aromatic carbocycles. The number of nitrogens with zero attached hydrogens (tertiary/aromatic N) is 7. The lowest BCUT2D eigenvalue weighted by atomic mass is 10.3. The van der Waals surface area contributed by atoms with Crippen molar-refractivity contribution in [3.63, 3.8) is 0 Å². The third-order valence-electron chi connectivity index (χ3n) is 3.47. The number of carbonyl (C=O) groups excluding carboxylic acids is 1. The Labute approximate surface area is 175 Å². The molecule has 0 fully saturated rings. The molecule has 3 aromatic heterocycles. The molecule has 1 amide bonds. The molecule has 0 atom stereocenters. The van der Waals surface area contributed by atoms with Crippen LogP contribution in [0.4, 0.5) is 5.69 Å². The van der Waals surface area contributed by atoms with E-state index in [2.05, 4.69) is 51.7 Å². The maximum atomic E-state index is 12.7. The lowest BCUT2D eigenvalue weighted by molar-refractivity contribution is 0.102. The van der Waals surface area contributed by atoms with Gasteiger partial charge < -0.3 is 5.32 Å². The zero-order valence-corrected chi connectivity index (χ0v) is 17.5. The fourth-order valence-electron chi connectivity index (χ4n) is 2.17. The average molecular weight is 475 g/mol. The Kier molecular flexibility index (Phi) is 5.41. The Morgan fingerprint density at radius 3 is 2.86 bits per heavy atom. The van der Waals surface area contributed by atoms with Gasteiger partial charge in [0.15, 0.2) is 10.8 Å². The number of halogens is 1. The van der Waals surface area contributed by atoms with Crippen LogP contribution in [0.25, 0.3) is 10.8 Å². The fourth-order valence-corrected chi connectivity index (χ4v) is 4.08. The summed E-state index contributed by atoms with van der Waals surface area (Å²) in [6.07, 6.45) is 3.27. The van der Waals surface area contributed by atoms with Crippen molar-refractivity contribution in [2.75, 3.05) is 5.32 Å². The number of aryl methyl sites for hydroxylation is 1. The van der Waals surface area contributed by atoms with Gasteiger partial charge in [-0.25, -0.2) is 19.6 Å². The van der Waals surface area contributed by atoms with Crippen LogP contribution in [0, 0.1) is 0 Å². The van der Waals surface area contributed by atoms with Gasteiger partial charge in [-0.15, -0.1) is 16.4 Å². The number of aromatic nitrogens is 7. The van der Waals surface area contributed by atoms with Crippen molar-refractivity contribution in [1.29, 1.82) is 0 Å². The van der Waals surface area contributed by atoms with E-state index < -0.39 is 0 Å². The number of benzene rings is 1. The van der Waals surface area contributed by atoms with E-state index in [-0.39, 0.29) is 5.91 Å². The van der Waals surface area contributed by atoms with Crippen LogP contribution in [0.1, 0.15) is 10.5 Å². The predicted molar refractivity (Wildman–Crippen MR) is 108 cm³/mol. The Hall–Kier alpha value is -2.70. The molecule has 1 N–H and O–H groups in total. The van der Waals surface area contributed by atoms with E-state index in [9.17, 15) is 4.79 Å². The molecule has 0 bridgehead atoms. The molecule has 0 aliphatic rings. The molecule has 28 heavy (non-hydrogen) atoms. The number of carbonyl (C=O) groups is 1. The van der Waals surface area contributed by atoms with E-state index in [1.54, 1.807) is 35.6 Å². The number of hydrogen-bond acceptors (Lipinski definition) is 9. The lowest BCUT2D eigenvalue weighted by Gasteiger charge is -2.10. The van der Waals surface area contributed by atoms with Crippen molar-refractivity contribution >= 4 is 50.6 Å². The second-order valence-electron chi connectivity index (χ2n) is 5.39. The Balaban J connectivity index is 1.57. The SMILES string of the molecule is Cn1nnnc1Sc1ccc(Br)cc1NC(=O)c1csc(-c2ncccn2)n1. The number of amides is 1. The average Bonchev–Trinajstić information content (AvgIpc) is 3.34. The summed E-state index contributed by atoms with van der Waals surface area (Å²) in [5.74, 6) is 0.162. The van der Waals surface area contributed by atoms with E-state index in [4.69, 9.17) is 0 Å². The van der Waals surface area contributed by atoms with Gasteiger partial charge in [-0.3, -0.25) is 4.79 Å². The van der Waals surface area contributed by atoms with E-state index >= 15 is 0 Å². The van der Waals surface area contributed by atoms with E-state index in [0.29, 0.717) is 27.4 Å². The van der Waals surface area contributed by atoms with Gasteiger partial charge in [-0.05, 0) is 46.5 Å². The van der Waals surface area contributed by atoms with Gasteiger partial charge in [0.25, 0.3) is 5.91 Å². The molecule has 0 saturated carbocycles. The van der Waals surface area contributed by atoms with Crippen LogP contribution in [-0.2, 0) is 7.05 Å². The second kappa shape index (κ2) is 8.12. The maximum absolute atomic E-state index is 12.7. The molecule has 0 unspecified atom stereocenters. The zero-order chi connectivity index (χ0) is 19.5. The number of tetrazole rings is 1. The molecule has 140 valence electrons. The summed E-state index contributed by atoms with van der Waals surface area (Å²) in [6, 6.07) is 7.31. The van der Waals surface area contributed by atoms with Crippen LogP contribution in [0.3, 0.4) is 0 Å². The Morgan fingerprint density at radius 2 is 2.11 bits per heavy atom. The first-order chi connectivity index (χ1) is 13.6. The molecular weight excluding hydrogens is 464 g/mol. The highest BCUT2D eigenvalue weighted by atomic mass is 79.9. The molecule has 9 nitrogen and oxygen atoms in total. The Morgan fingerprint density at radius 1 is 1.29 bits per heavy atom. The van der Waals surface area contributed by atoms with Gasteiger partial charge in [0.2, 0.25) is 5.16 Å². The minimum atomic E-state index is -0.325. The summed E-state index contributed by atoms with van der Waals surface area (Å²) in [7, 11) is 1.75. The van der Waals surface area contributed by atoms with Crippen LogP contribution in [0.2, 0.25) is 0 Å². The Bertz CT molecular complexity index is 1130. The van der Waals surface area contributed by atoms with Gasteiger partial charge in [-0.2, -0.15) is 0 Å². The molecular formula is C16H11BrN8OS2. The molecule has 12 heteroatoms. The number of anilines is 1. The minimum Gasteiger partial charge on any atom is -0.320 e. The van der Waals surface area contributed by atoms with Crippen LogP contribution < -0.4 is 5.32 Å².